The summed E-state index contributed by atoms with van der Waals surface area (Å²) >= 11 is 1.72. The first-order valence-corrected chi connectivity index (χ1v) is 12.3. The Morgan fingerprint density at radius 1 is 1.10 bits per heavy atom. The smallest absolute Gasteiger partial charge is 0.240 e. The summed E-state index contributed by atoms with van der Waals surface area (Å²) in [7, 11) is -0.700. The van der Waals surface area contributed by atoms with E-state index in [1.54, 1.807) is 23.9 Å². The van der Waals surface area contributed by atoms with Crippen LogP contribution in [0, 0.1) is 6.92 Å². The molecule has 2 aromatic carbocycles. The largest absolute Gasteiger partial charge is 0.493 e. The number of anilines is 1. The minimum atomic E-state index is -3.66. The number of nitrogens with zero attached hydrogens (tertiary/aromatic N) is 1. The maximum atomic E-state index is 12.4. The molecular weight excluding hydrogens is 424 g/mol. The maximum Gasteiger partial charge on any atom is 0.240 e. The van der Waals surface area contributed by atoms with Crippen molar-refractivity contribution in [1.82, 2.24) is 5.32 Å². The van der Waals surface area contributed by atoms with Gasteiger partial charge in [-0.1, -0.05) is 24.3 Å². The molecule has 2 aromatic rings. The van der Waals surface area contributed by atoms with Crippen LogP contribution in [0.5, 0.6) is 11.5 Å². The molecular formula is C21H28N2O5S2. The summed E-state index contributed by atoms with van der Waals surface area (Å²) < 4.78 is 36.0. The number of methoxy groups -OCH3 is 2. The Hall–Kier alpha value is -2.39. The molecule has 0 unspecified atom stereocenters. The van der Waals surface area contributed by atoms with E-state index in [2.05, 4.69) is 24.4 Å². The fraction of sp³-hybridized carbons (Fsp3) is 0.381. The molecule has 0 aromatic heterocycles. The lowest BCUT2D eigenvalue weighted by atomic mass is 10.1. The molecule has 0 aliphatic rings. The summed E-state index contributed by atoms with van der Waals surface area (Å²) in [5.41, 5.74) is 2.84. The van der Waals surface area contributed by atoms with E-state index >= 15 is 0 Å². The highest BCUT2D eigenvalue weighted by molar-refractivity contribution is 7.98. The molecule has 164 valence electrons. The monoisotopic (exact) mass is 452 g/mol. The van der Waals surface area contributed by atoms with Crippen LogP contribution < -0.4 is 19.1 Å². The summed E-state index contributed by atoms with van der Waals surface area (Å²) in [6, 6.07) is 12.9. The first-order chi connectivity index (χ1) is 14.3. The molecule has 0 bridgehead atoms. The zero-order valence-corrected chi connectivity index (χ0v) is 19.3. The third kappa shape index (κ3) is 6.84. The third-order valence-corrected chi connectivity index (χ3v) is 6.58. The van der Waals surface area contributed by atoms with Crippen LogP contribution in [0.1, 0.15) is 11.1 Å². The Labute approximate surface area is 182 Å². The molecule has 0 atom stereocenters. The van der Waals surface area contributed by atoms with E-state index in [1.165, 1.54) is 31.4 Å². The predicted octanol–water partition coefficient (Wildman–Crippen LogP) is 2.83. The molecule has 7 nitrogen and oxygen atoms in total. The average Bonchev–Trinajstić information content (AvgIpc) is 2.71. The summed E-state index contributed by atoms with van der Waals surface area (Å²) in [4.78, 5) is 12.4. The molecule has 0 spiro atoms. The van der Waals surface area contributed by atoms with Crippen molar-refractivity contribution in [3.8, 4) is 11.5 Å². The van der Waals surface area contributed by atoms with Gasteiger partial charge in [0, 0.05) is 24.1 Å². The summed E-state index contributed by atoms with van der Waals surface area (Å²) in [5, 5.41) is 2.79. The number of nitrogens with one attached hydrogen (secondary N) is 1. The van der Waals surface area contributed by atoms with Gasteiger partial charge in [0.2, 0.25) is 15.9 Å². The van der Waals surface area contributed by atoms with Crippen molar-refractivity contribution in [2.75, 3.05) is 43.6 Å². The highest BCUT2D eigenvalue weighted by Crippen LogP contribution is 2.32. The fourth-order valence-corrected chi connectivity index (χ4v) is 4.57. The van der Waals surface area contributed by atoms with E-state index in [4.69, 9.17) is 9.47 Å². The quantitative estimate of drug-likeness (QED) is 0.528. The normalized spacial score (nSPS) is 11.1. The van der Waals surface area contributed by atoms with Crippen LogP contribution >= 0.6 is 11.8 Å². The zero-order valence-electron chi connectivity index (χ0n) is 17.7. The fourth-order valence-electron chi connectivity index (χ4n) is 2.78. The Balaban J connectivity index is 1.92. The molecule has 1 N–H and O–H groups in total. The zero-order chi connectivity index (χ0) is 22.1. The molecule has 30 heavy (non-hydrogen) atoms. The van der Waals surface area contributed by atoms with Crippen LogP contribution in [0.25, 0.3) is 0 Å². The van der Waals surface area contributed by atoms with Gasteiger partial charge in [0.1, 0.15) is 6.54 Å². The number of sulfonamides is 1. The highest BCUT2D eigenvalue weighted by atomic mass is 32.2. The predicted molar refractivity (Wildman–Crippen MR) is 122 cm³/mol. The van der Waals surface area contributed by atoms with Gasteiger partial charge < -0.3 is 14.8 Å². The number of thioether (sulfide) groups is 1. The molecule has 0 radical (unpaired) electrons. The number of aryl methyl sites for hydroxylation is 1. The van der Waals surface area contributed by atoms with Crippen molar-refractivity contribution in [1.29, 1.82) is 0 Å². The molecule has 9 heteroatoms. The molecule has 0 aliphatic heterocycles. The molecule has 0 saturated carbocycles. The van der Waals surface area contributed by atoms with Crippen LogP contribution in [0.2, 0.25) is 0 Å². The first kappa shape index (κ1) is 23.9. The number of benzene rings is 2. The van der Waals surface area contributed by atoms with Crippen molar-refractivity contribution in [2.45, 2.75) is 12.7 Å². The van der Waals surface area contributed by atoms with Gasteiger partial charge >= 0.3 is 0 Å². The van der Waals surface area contributed by atoms with Gasteiger partial charge in [-0.05, 0) is 30.2 Å². The molecule has 2 rings (SSSR count). The van der Waals surface area contributed by atoms with Crippen LogP contribution in [-0.4, -0.2) is 53.6 Å². The summed E-state index contributed by atoms with van der Waals surface area (Å²) in [6.07, 6.45) is 1.06. The first-order valence-electron chi connectivity index (χ1n) is 9.35. The lowest BCUT2D eigenvalue weighted by Gasteiger charge is -2.23. The van der Waals surface area contributed by atoms with Crippen LogP contribution in [0.15, 0.2) is 42.5 Å². The Kier molecular flexibility index (Phi) is 8.86. The van der Waals surface area contributed by atoms with Crippen LogP contribution in [-0.2, 0) is 20.6 Å². The number of hydrogen-bond acceptors (Lipinski definition) is 6. The van der Waals surface area contributed by atoms with Gasteiger partial charge in [0.25, 0.3) is 0 Å². The number of rotatable bonds is 11. The highest BCUT2D eigenvalue weighted by Gasteiger charge is 2.22. The maximum absolute atomic E-state index is 12.4. The second-order valence-electron chi connectivity index (χ2n) is 6.64. The third-order valence-electron chi connectivity index (χ3n) is 4.43. The molecule has 0 fully saturated rings. The van der Waals surface area contributed by atoms with Crippen molar-refractivity contribution in [2.24, 2.45) is 0 Å². The van der Waals surface area contributed by atoms with Crippen molar-refractivity contribution in [3.63, 3.8) is 0 Å². The topological polar surface area (TPSA) is 84.9 Å². The second kappa shape index (κ2) is 11.1. The van der Waals surface area contributed by atoms with Crippen molar-refractivity contribution >= 4 is 33.4 Å². The molecule has 1 amide bonds. The van der Waals surface area contributed by atoms with E-state index in [9.17, 15) is 13.2 Å². The summed E-state index contributed by atoms with van der Waals surface area (Å²) in [5.74, 6) is 2.09. The molecule has 0 saturated heterocycles. The van der Waals surface area contributed by atoms with Gasteiger partial charge in [-0.2, -0.15) is 11.8 Å². The molecule has 0 aliphatic carbocycles. The summed E-state index contributed by atoms with van der Waals surface area (Å²) in [6.45, 7) is 2.22. The number of carbonyl (C=O) groups excluding carboxylic acids is 1. The van der Waals surface area contributed by atoms with Gasteiger partial charge in [-0.25, -0.2) is 8.42 Å². The number of amides is 1. The number of carbonyl (C=O) groups is 1. The van der Waals surface area contributed by atoms with Gasteiger partial charge in [0.05, 0.1) is 26.2 Å². The minimum absolute atomic E-state index is 0.309. The van der Waals surface area contributed by atoms with E-state index in [-0.39, 0.29) is 12.5 Å². The van der Waals surface area contributed by atoms with Gasteiger partial charge in [-0.15, -0.1) is 0 Å². The van der Waals surface area contributed by atoms with Crippen LogP contribution in [0.3, 0.4) is 0 Å². The van der Waals surface area contributed by atoms with Crippen LogP contribution in [0.4, 0.5) is 5.69 Å². The second-order valence-corrected chi connectivity index (χ2v) is 9.65. The van der Waals surface area contributed by atoms with E-state index in [1.807, 2.05) is 12.1 Å². The Bertz CT molecular complexity index is 964. The van der Waals surface area contributed by atoms with Crippen molar-refractivity contribution in [3.05, 3.63) is 53.6 Å². The lowest BCUT2D eigenvalue weighted by molar-refractivity contribution is -0.119. The Morgan fingerprint density at radius 3 is 2.43 bits per heavy atom. The standard InChI is InChI=1S/C21H28N2O5S2/c1-16-7-5-6-8-17(16)15-29-12-11-22-21(24)14-23(30(4,25)26)18-9-10-19(27-2)20(13-18)28-3/h5-10,13H,11-12,14-15H2,1-4H3,(H,22,24). The van der Waals surface area contributed by atoms with E-state index in [0.717, 1.165) is 22.1 Å². The van der Waals surface area contributed by atoms with Gasteiger partial charge in [-0.3, -0.25) is 9.10 Å². The average molecular weight is 453 g/mol. The Morgan fingerprint density at radius 2 is 1.80 bits per heavy atom. The number of hydrogen-bond donors (Lipinski definition) is 1. The number of ether oxygens (including phenoxy) is 2. The van der Waals surface area contributed by atoms with Gasteiger partial charge in [0.15, 0.2) is 11.5 Å². The molecule has 0 heterocycles. The minimum Gasteiger partial charge on any atom is -0.493 e. The lowest BCUT2D eigenvalue weighted by Crippen LogP contribution is -2.41. The SMILES string of the molecule is COc1ccc(N(CC(=O)NCCSCc2ccccc2C)S(C)(=O)=O)cc1OC. The van der Waals surface area contributed by atoms with Crippen molar-refractivity contribution < 1.29 is 22.7 Å². The van der Waals surface area contributed by atoms with E-state index in [0.29, 0.717) is 23.7 Å². The van der Waals surface area contributed by atoms with E-state index < -0.39 is 10.0 Å².